The zero-order valence-electron chi connectivity index (χ0n) is 13.2. The average molecular weight is 327 g/mol. The molecule has 2 heterocycles. The van der Waals surface area contributed by atoms with E-state index in [0.29, 0.717) is 5.13 Å². The molecule has 1 amide bonds. The Balaban J connectivity index is 1.81. The maximum atomic E-state index is 12.3. The number of aromatic nitrogens is 2. The number of anilines is 1. The van der Waals surface area contributed by atoms with Gasteiger partial charge in [0.15, 0.2) is 10.6 Å². The van der Waals surface area contributed by atoms with Gasteiger partial charge in [0.2, 0.25) is 5.91 Å². The van der Waals surface area contributed by atoms with Gasteiger partial charge in [0.1, 0.15) is 6.54 Å². The highest BCUT2D eigenvalue weighted by Crippen LogP contribution is 2.27. The predicted octanol–water partition coefficient (Wildman–Crippen LogP) is 3.02. The molecule has 0 fully saturated rings. The predicted molar refractivity (Wildman–Crippen MR) is 93.2 cm³/mol. The van der Waals surface area contributed by atoms with Crippen LogP contribution in [0.4, 0.5) is 5.13 Å². The molecule has 0 unspecified atom stereocenters. The van der Waals surface area contributed by atoms with Crippen molar-refractivity contribution in [3.63, 3.8) is 0 Å². The van der Waals surface area contributed by atoms with Gasteiger partial charge >= 0.3 is 0 Å². The lowest BCUT2D eigenvalue weighted by Gasteiger charge is -2.13. The van der Waals surface area contributed by atoms with Crippen molar-refractivity contribution in [3.05, 3.63) is 57.5 Å². The summed E-state index contributed by atoms with van der Waals surface area (Å²) in [5.41, 5.74) is 3.50. The SMILES string of the molecule is Cc1cccc2sc(NC(=O)Cn3c(C)cc(=O)cc3C)nc12. The molecule has 1 N–H and O–H groups in total. The van der Waals surface area contributed by atoms with Crippen molar-refractivity contribution in [1.29, 1.82) is 0 Å². The molecular weight excluding hydrogens is 310 g/mol. The number of fused-ring (bicyclic) bond motifs is 1. The summed E-state index contributed by atoms with van der Waals surface area (Å²) >= 11 is 1.46. The molecule has 0 bridgehead atoms. The molecular formula is C17H17N3O2S. The van der Waals surface area contributed by atoms with Crippen LogP contribution in [-0.2, 0) is 11.3 Å². The molecule has 0 radical (unpaired) electrons. The number of nitrogens with one attached hydrogen (secondary N) is 1. The second kappa shape index (κ2) is 5.96. The van der Waals surface area contributed by atoms with Crippen LogP contribution in [0.15, 0.2) is 35.1 Å². The minimum Gasteiger partial charge on any atom is -0.340 e. The molecule has 0 saturated carbocycles. The maximum absolute atomic E-state index is 12.3. The van der Waals surface area contributed by atoms with Crippen LogP contribution in [0.3, 0.4) is 0 Å². The molecule has 1 aromatic carbocycles. The minimum atomic E-state index is -0.156. The Hall–Kier alpha value is -2.47. The highest BCUT2D eigenvalue weighted by Gasteiger charge is 2.11. The Bertz CT molecular complexity index is 930. The van der Waals surface area contributed by atoms with Crippen molar-refractivity contribution in [2.45, 2.75) is 27.3 Å². The number of carbonyl (C=O) groups excluding carboxylic acids is 1. The Morgan fingerprint density at radius 3 is 2.57 bits per heavy atom. The number of carbonyl (C=O) groups is 1. The molecule has 3 aromatic rings. The molecule has 0 atom stereocenters. The molecule has 3 rings (SSSR count). The summed E-state index contributed by atoms with van der Waals surface area (Å²) in [6.07, 6.45) is 0. The Morgan fingerprint density at radius 1 is 1.22 bits per heavy atom. The van der Waals surface area contributed by atoms with Crippen LogP contribution in [-0.4, -0.2) is 15.5 Å². The van der Waals surface area contributed by atoms with Gasteiger partial charge in [0, 0.05) is 23.5 Å². The third kappa shape index (κ3) is 3.17. The van der Waals surface area contributed by atoms with E-state index in [4.69, 9.17) is 0 Å². The molecule has 6 heteroatoms. The van der Waals surface area contributed by atoms with Gasteiger partial charge in [-0.25, -0.2) is 4.98 Å². The number of pyridine rings is 1. The van der Waals surface area contributed by atoms with Gasteiger partial charge in [-0.05, 0) is 32.4 Å². The summed E-state index contributed by atoms with van der Waals surface area (Å²) in [5.74, 6) is -0.156. The lowest BCUT2D eigenvalue weighted by Crippen LogP contribution is -2.23. The molecule has 23 heavy (non-hydrogen) atoms. The number of rotatable bonds is 3. The molecule has 118 valence electrons. The lowest BCUT2D eigenvalue weighted by atomic mass is 10.2. The second-order valence-electron chi connectivity index (χ2n) is 5.55. The molecule has 0 aliphatic carbocycles. The van der Waals surface area contributed by atoms with E-state index in [9.17, 15) is 9.59 Å². The fourth-order valence-electron chi connectivity index (χ4n) is 2.58. The van der Waals surface area contributed by atoms with E-state index in [1.54, 1.807) is 0 Å². The van der Waals surface area contributed by atoms with E-state index in [1.807, 2.05) is 43.5 Å². The summed E-state index contributed by atoms with van der Waals surface area (Å²) in [4.78, 5) is 28.2. The van der Waals surface area contributed by atoms with Crippen molar-refractivity contribution in [1.82, 2.24) is 9.55 Å². The fraction of sp³-hybridized carbons (Fsp3) is 0.235. The molecule has 0 spiro atoms. The van der Waals surface area contributed by atoms with E-state index in [-0.39, 0.29) is 17.9 Å². The smallest absolute Gasteiger partial charge is 0.246 e. The molecule has 5 nitrogen and oxygen atoms in total. The van der Waals surface area contributed by atoms with Gasteiger partial charge in [-0.2, -0.15) is 0 Å². The quantitative estimate of drug-likeness (QED) is 0.804. The lowest BCUT2D eigenvalue weighted by molar-refractivity contribution is -0.116. The normalized spacial score (nSPS) is 10.9. The van der Waals surface area contributed by atoms with Crippen LogP contribution in [0.2, 0.25) is 0 Å². The molecule has 2 aromatic heterocycles. The largest absolute Gasteiger partial charge is 0.340 e. The van der Waals surface area contributed by atoms with Crippen molar-refractivity contribution < 1.29 is 4.79 Å². The first kappa shape index (κ1) is 15.4. The van der Waals surface area contributed by atoms with Crippen molar-refractivity contribution in [2.75, 3.05) is 5.32 Å². The summed E-state index contributed by atoms with van der Waals surface area (Å²) < 4.78 is 2.87. The van der Waals surface area contributed by atoms with Crippen LogP contribution >= 0.6 is 11.3 Å². The minimum absolute atomic E-state index is 0.0432. The first-order valence-corrected chi connectivity index (χ1v) is 8.10. The van der Waals surface area contributed by atoms with Crippen LogP contribution in [0.5, 0.6) is 0 Å². The number of amides is 1. The average Bonchev–Trinajstić information content (AvgIpc) is 2.86. The number of hydrogen-bond donors (Lipinski definition) is 1. The number of benzene rings is 1. The van der Waals surface area contributed by atoms with Crippen LogP contribution in [0.1, 0.15) is 17.0 Å². The van der Waals surface area contributed by atoms with Gasteiger partial charge in [0.05, 0.1) is 10.2 Å². The van der Waals surface area contributed by atoms with Crippen LogP contribution < -0.4 is 10.7 Å². The first-order valence-electron chi connectivity index (χ1n) is 7.28. The Kier molecular flexibility index (Phi) is 4.00. The van der Waals surface area contributed by atoms with Crippen LogP contribution in [0.25, 0.3) is 10.2 Å². The van der Waals surface area contributed by atoms with Crippen LogP contribution in [0, 0.1) is 20.8 Å². The fourth-order valence-corrected chi connectivity index (χ4v) is 3.54. The molecule has 0 aliphatic rings. The molecule has 0 aliphatic heterocycles. The number of aryl methyl sites for hydroxylation is 3. The van der Waals surface area contributed by atoms with E-state index in [0.717, 1.165) is 27.2 Å². The topological polar surface area (TPSA) is 64.0 Å². The van der Waals surface area contributed by atoms with Gasteiger partial charge in [-0.15, -0.1) is 0 Å². The van der Waals surface area contributed by atoms with Gasteiger partial charge in [-0.3, -0.25) is 9.59 Å². The highest BCUT2D eigenvalue weighted by molar-refractivity contribution is 7.22. The Labute approximate surface area is 137 Å². The zero-order chi connectivity index (χ0) is 16.6. The number of para-hydroxylation sites is 1. The maximum Gasteiger partial charge on any atom is 0.246 e. The van der Waals surface area contributed by atoms with E-state index >= 15 is 0 Å². The number of thiazole rings is 1. The summed E-state index contributed by atoms with van der Waals surface area (Å²) in [6.45, 7) is 5.80. The number of hydrogen-bond acceptors (Lipinski definition) is 4. The van der Waals surface area contributed by atoms with Crippen molar-refractivity contribution in [2.24, 2.45) is 0 Å². The van der Waals surface area contributed by atoms with E-state index in [2.05, 4.69) is 10.3 Å². The van der Waals surface area contributed by atoms with Crippen molar-refractivity contribution >= 4 is 32.6 Å². The number of nitrogens with zero attached hydrogens (tertiary/aromatic N) is 2. The van der Waals surface area contributed by atoms with E-state index in [1.165, 1.54) is 23.5 Å². The summed E-state index contributed by atoms with van der Waals surface area (Å²) in [6, 6.07) is 9.03. The van der Waals surface area contributed by atoms with E-state index < -0.39 is 0 Å². The monoisotopic (exact) mass is 327 g/mol. The van der Waals surface area contributed by atoms with Gasteiger partial charge in [0.25, 0.3) is 0 Å². The Morgan fingerprint density at radius 2 is 1.91 bits per heavy atom. The third-order valence-corrected chi connectivity index (χ3v) is 4.66. The summed E-state index contributed by atoms with van der Waals surface area (Å²) in [7, 11) is 0. The second-order valence-corrected chi connectivity index (χ2v) is 6.58. The zero-order valence-corrected chi connectivity index (χ0v) is 14.0. The molecule has 0 saturated heterocycles. The van der Waals surface area contributed by atoms with Gasteiger partial charge in [-0.1, -0.05) is 23.5 Å². The summed E-state index contributed by atoms with van der Waals surface area (Å²) in [5, 5.41) is 3.44. The first-order chi connectivity index (χ1) is 10.9. The third-order valence-electron chi connectivity index (χ3n) is 3.72. The standard InChI is InChI=1S/C17H17N3O2S/c1-10-5-4-6-14-16(10)19-17(23-14)18-15(22)9-20-11(2)7-13(21)8-12(20)3/h4-8H,9H2,1-3H3,(H,18,19,22). The van der Waals surface area contributed by atoms with Crippen molar-refractivity contribution in [3.8, 4) is 0 Å². The highest BCUT2D eigenvalue weighted by atomic mass is 32.1. The van der Waals surface area contributed by atoms with Gasteiger partial charge < -0.3 is 9.88 Å².